The molecule has 1 aromatic heterocycles. The maximum absolute atomic E-state index is 11.9. The van der Waals surface area contributed by atoms with Crippen LogP contribution in [0.4, 0.5) is 4.79 Å². The number of ketones is 1. The van der Waals surface area contributed by atoms with E-state index in [1.165, 1.54) is 6.92 Å². The Kier molecular flexibility index (Phi) is 5.85. The smallest absolute Gasteiger partial charge is 0.413 e. The second-order valence-electron chi connectivity index (χ2n) is 4.53. The number of nitrogens with one attached hydrogen (secondary N) is 2. The van der Waals surface area contributed by atoms with Gasteiger partial charge in [0, 0.05) is 11.3 Å². The van der Waals surface area contributed by atoms with Crippen LogP contribution in [-0.4, -0.2) is 42.0 Å². The third-order valence-corrected chi connectivity index (χ3v) is 2.84. The first-order valence-corrected chi connectivity index (χ1v) is 6.61. The molecule has 1 aromatic rings. The van der Waals surface area contributed by atoms with Gasteiger partial charge in [-0.15, -0.1) is 0 Å². The van der Waals surface area contributed by atoms with Crippen molar-refractivity contribution in [2.24, 2.45) is 0 Å². The molecule has 8 nitrogen and oxygen atoms in total. The van der Waals surface area contributed by atoms with Crippen LogP contribution in [0.2, 0.25) is 0 Å². The number of carbonyl (C=O) groups excluding carboxylic acids is 4. The quantitative estimate of drug-likeness (QED) is 0.625. The largest absolute Gasteiger partial charge is 0.451 e. The van der Waals surface area contributed by atoms with Gasteiger partial charge in [-0.3, -0.25) is 14.9 Å². The molecule has 120 valence electrons. The Hall–Kier alpha value is -2.64. The number of esters is 1. The van der Waals surface area contributed by atoms with Crippen molar-refractivity contribution in [1.29, 1.82) is 0 Å². The summed E-state index contributed by atoms with van der Waals surface area (Å²) in [7, 11) is 0. The molecule has 0 radical (unpaired) electrons. The topological polar surface area (TPSA) is 115 Å². The SMILES string of the molecule is CCOC(=O)NC(=O)COC(=O)c1[nH]c(C)c(C(C)=O)c1C. The van der Waals surface area contributed by atoms with E-state index >= 15 is 0 Å². The molecule has 0 saturated carbocycles. The minimum Gasteiger partial charge on any atom is -0.451 e. The molecule has 1 heterocycles. The zero-order valence-corrected chi connectivity index (χ0v) is 12.9. The van der Waals surface area contributed by atoms with E-state index in [1.807, 2.05) is 5.32 Å². The molecule has 0 saturated heterocycles. The number of amides is 2. The molecule has 0 aliphatic heterocycles. The van der Waals surface area contributed by atoms with Gasteiger partial charge in [-0.05, 0) is 33.3 Å². The average Bonchev–Trinajstić information content (AvgIpc) is 2.71. The van der Waals surface area contributed by atoms with Crippen molar-refractivity contribution in [2.75, 3.05) is 13.2 Å². The lowest BCUT2D eigenvalue weighted by Crippen LogP contribution is -2.34. The summed E-state index contributed by atoms with van der Waals surface area (Å²) in [6.45, 7) is 5.74. The van der Waals surface area contributed by atoms with E-state index in [0.717, 1.165) is 0 Å². The minimum absolute atomic E-state index is 0.103. The maximum Gasteiger partial charge on any atom is 0.413 e. The van der Waals surface area contributed by atoms with Gasteiger partial charge in [-0.1, -0.05) is 0 Å². The normalized spacial score (nSPS) is 10.0. The average molecular weight is 310 g/mol. The molecule has 2 N–H and O–H groups in total. The van der Waals surface area contributed by atoms with Crippen molar-refractivity contribution in [3.8, 4) is 0 Å². The van der Waals surface area contributed by atoms with Crippen LogP contribution in [0, 0.1) is 13.8 Å². The highest BCUT2D eigenvalue weighted by Crippen LogP contribution is 2.19. The Bertz CT molecular complexity index is 617. The van der Waals surface area contributed by atoms with Crippen LogP contribution in [0.3, 0.4) is 0 Å². The summed E-state index contributed by atoms with van der Waals surface area (Å²) in [5.74, 6) is -1.77. The van der Waals surface area contributed by atoms with Crippen molar-refractivity contribution in [1.82, 2.24) is 10.3 Å². The monoisotopic (exact) mass is 310 g/mol. The first-order chi connectivity index (χ1) is 10.3. The number of aromatic nitrogens is 1. The molecule has 0 fully saturated rings. The van der Waals surface area contributed by atoms with Gasteiger partial charge in [-0.2, -0.15) is 0 Å². The summed E-state index contributed by atoms with van der Waals surface area (Å²) in [5.41, 5.74) is 1.53. The number of Topliss-reactive ketones (excluding diaryl/α,β-unsaturated/α-hetero) is 1. The number of hydrogen-bond acceptors (Lipinski definition) is 6. The minimum atomic E-state index is -0.908. The highest BCUT2D eigenvalue weighted by Gasteiger charge is 2.21. The fourth-order valence-corrected chi connectivity index (χ4v) is 2.00. The first-order valence-electron chi connectivity index (χ1n) is 6.61. The fraction of sp³-hybridized carbons (Fsp3) is 0.429. The molecule has 22 heavy (non-hydrogen) atoms. The van der Waals surface area contributed by atoms with Crippen LogP contribution in [0.5, 0.6) is 0 Å². The number of alkyl carbamates (subject to hydrolysis) is 1. The van der Waals surface area contributed by atoms with Crippen LogP contribution >= 0.6 is 0 Å². The van der Waals surface area contributed by atoms with Crippen molar-refractivity contribution in [3.63, 3.8) is 0 Å². The standard InChI is InChI=1S/C14H18N2O6/c1-5-21-14(20)16-10(18)6-22-13(19)12-7(2)11(9(4)17)8(3)15-12/h15H,5-6H2,1-4H3,(H,16,18,20). The summed E-state index contributed by atoms with van der Waals surface area (Å²) < 4.78 is 9.31. The predicted molar refractivity (Wildman–Crippen MR) is 75.7 cm³/mol. The molecule has 0 atom stereocenters. The van der Waals surface area contributed by atoms with Gasteiger partial charge in [0.05, 0.1) is 6.61 Å². The summed E-state index contributed by atoms with van der Waals surface area (Å²) in [6.07, 6.45) is -0.908. The van der Waals surface area contributed by atoms with Crippen molar-refractivity contribution in [2.45, 2.75) is 27.7 Å². The van der Waals surface area contributed by atoms with Gasteiger partial charge in [-0.25, -0.2) is 9.59 Å². The van der Waals surface area contributed by atoms with E-state index < -0.39 is 24.6 Å². The summed E-state index contributed by atoms with van der Waals surface area (Å²) in [4.78, 5) is 48.5. The molecule has 1 rings (SSSR count). The number of rotatable bonds is 5. The zero-order valence-electron chi connectivity index (χ0n) is 12.9. The van der Waals surface area contributed by atoms with Crippen molar-refractivity contribution >= 4 is 23.8 Å². The molecular weight excluding hydrogens is 292 g/mol. The second-order valence-corrected chi connectivity index (χ2v) is 4.53. The van der Waals surface area contributed by atoms with Gasteiger partial charge in [0.2, 0.25) is 0 Å². The lowest BCUT2D eigenvalue weighted by atomic mass is 10.1. The molecule has 0 spiro atoms. The number of H-pyrrole nitrogens is 1. The number of ether oxygens (including phenoxy) is 2. The molecular formula is C14H18N2O6. The predicted octanol–water partition coefficient (Wildman–Crippen LogP) is 1.26. The third-order valence-electron chi connectivity index (χ3n) is 2.84. The Morgan fingerprint density at radius 3 is 2.27 bits per heavy atom. The van der Waals surface area contributed by atoms with Crippen molar-refractivity contribution in [3.05, 3.63) is 22.5 Å². The highest BCUT2D eigenvalue weighted by molar-refractivity contribution is 6.01. The molecule has 8 heteroatoms. The Morgan fingerprint density at radius 1 is 1.14 bits per heavy atom. The molecule has 0 bridgehead atoms. The lowest BCUT2D eigenvalue weighted by molar-refractivity contribution is -0.123. The summed E-state index contributed by atoms with van der Waals surface area (Å²) in [5, 5.41) is 1.90. The molecule has 0 aromatic carbocycles. The maximum atomic E-state index is 11.9. The van der Waals surface area contributed by atoms with Gasteiger partial charge in [0.15, 0.2) is 12.4 Å². The van der Waals surface area contributed by atoms with E-state index in [0.29, 0.717) is 16.8 Å². The number of aromatic amines is 1. The molecule has 0 aliphatic carbocycles. The number of imide groups is 1. The Balaban J connectivity index is 2.67. The van der Waals surface area contributed by atoms with Crippen molar-refractivity contribution < 1.29 is 28.7 Å². The van der Waals surface area contributed by atoms with Gasteiger partial charge >= 0.3 is 12.1 Å². The van der Waals surface area contributed by atoms with Gasteiger partial charge in [0.1, 0.15) is 5.69 Å². The molecule has 0 unspecified atom stereocenters. The van der Waals surface area contributed by atoms with Crippen LogP contribution in [0.25, 0.3) is 0 Å². The third kappa shape index (κ3) is 4.18. The van der Waals surface area contributed by atoms with E-state index in [-0.39, 0.29) is 18.1 Å². The zero-order chi connectivity index (χ0) is 16.9. The van der Waals surface area contributed by atoms with Crippen LogP contribution in [0.1, 0.15) is 46.0 Å². The Labute approximate surface area is 127 Å². The van der Waals surface area contributed by atoms with E-state index in [9.17, 15) is 19.2 Å². The lowest BCUT2D eigenvalue weighted by Gasteiger charge is -2.05. The highest BCUT2D eigenvalue weighted by atomic mass is 16.6. The van der Waals surface area contributed by atoms with Crippen LogP contribution in [-0.2, 0) is 14.3 Å². The number of carbonyl (C=O) groups is 4. The summed E-state index contributed by atoms with van der Waals surface area (Å²) >= 11 is 0. The van der Waals surface area contributed by atoms with E-state index in [2.05, 4.69) is 9.72 Å². The second kappa shape index (κ2) is 7.39. The number of aryl methyl sites for hydroxylation is 1. The van der Waals surface area contributed by atoms with Gasteiger partial charge < -0.3 is 14.5 Å². The molecule has 0 aliphatic rings. The van der Waals surface area contributed by atoms with Crippen LogP contribution in [0.15, 0.2) is 0 Å². The Morgan fingerprint density at radius 2 is 1.77 bits per heavy atom. The van der Waals surface area contributed by atoms with E-state index in [1.54, 1.807) is 20.8 Å². The van der Waals surface area contributed by atoms with E-state index in [4.69, 9.17) is 4.74 Å². The summed E-state index contributed by atoms with van der Waals surface area (Å²) in [6, 6.07) is 0. The fourth-order valence-electron chi connectivity index (χ4n) is 2.00. The van der Waals surface area contributed by atoms with Crippen LogP contribution < -0.4 is 5.32 Å². The first kappa shape index (κ1) is 17.4. The van der Waals surface area contributed by atoms with Gasteiger partial charge in [0.25, 0.3) is 5.91 Å². The molecule has 2 amide bonds. The number of hydrogen-bond donors (Lipinski definition) is 2.